The van der Waals surface area contributed by atoms with Crippen LogP contribution in [0.25, 0.3) is 22.5 Å². The topological polar surface area (TPSA) is 92.9 Å². The molecule has 1 aliphatic carbocycles. The van der Waals surface area contributed by atoms with Crippen molar-refractivity contribution in [2.45, 2.75) is 31.6 Å². The molecule has 1 heterocycles. The Morgan fingerprint density at radius 1 is 0.946 bits per heavy atom. The lowest BCUT2D eigenvalue weighted by molar-refractivity contribution is -0.140. The molecule has 0 saturated heterocycles. The Morgan fingerprint density at radius 2 is 1.54 bits per heavy atom. The molecule has 0 atom stereocenters. The minimum Gasteiger partial charge on any atom is -0.481 e. The normalized spacial score (nSPS) is 13.7. The maximum absolute atomic E-state index is 12.7. The predicted molar refractivity (Wildman–Crippen MR) is 141 cm³/mol. The highest BCUT2D eigenvalue weighted by molar-refractivity contribution is 5.93. The fourth-order valence-corrected chi connectivity index (χ4v) is 4.59. The number of benzene rings is 3. The Balaban J connectivity index is 1.29. The first kappa shape index (κ1) is 24.3. The van der Waals surface area contributed by atoms with E-state index in [0.29, 0.717) is 36.4 Å². The second kappa shape index (κ2) is 9.93. The van der Waals surface area contributed by atoms with Gasteiger partial charge in [-0.25, -0.2) is 4.79 Å². The van der Waals surface area contributed by atoms with Crippen LogP contribution < -0.4 is 4.90 Å². The lowest BCUT2D eigenvalue weighted by atomic mass is 9.93. The van der Waals surface area contributed by atoms with Crippen LogP contribution in [0.4, 0.5) is 10.5 Å². The van der Waals surface area contributed by atoms with Gasteiger partial charge in [-0.1, -0.05) is 84.0 Å². The first-order valence-corrected chi connectivity index (χ1v) is 12.2. The van der Waals surface area contributed by atoms with Crippen molar-refractivity contribution in [3.8, 4) is 22.5 Å². The summed E-state index contributed by atoms with van der Waals surface area (Å²) in [4.78, 5) is 25.8. The van der Waals surface area contributed by atoms with Gasteiger partial charge in [-0.15, -0.1) is 0 Å². The van der Waals surface area contributed by atoms with E-state index in [9.17, 15) is 14.7 Å². The third-order valence-electron chi connectivity index (χ3n) is 6.98. The molecule has 0 unspecified atom stereocenters. The lowest BCUT2D eigenvalue weighted by Crippen LogP contribution is -2.28. The number of amides is 1. The van der Waals surface area contributed by atoms with E-state index in [1.807, 2.05) is 78.9 Å². The molecular formula is C30H28N2O5. The molecule has 3 aromatic carbocycles. The Kier molecular flexibility index (Phi) is 6.53. The van der Waals surface area contributed by atoms with Gasteiger partial charge in [-0.05, 0) is 42.0 Å². The number of anilines is 1. The smallest absolute Gasteiger partial charge is 0.414 e. The second-order valence-corrected chi connectivity index (χ2v) is 9.40. The average Bonchev–Trinajstić information content (AvgIpc) is 3.66. The molecule has 0 radical (unpaired) electrons. The van der Waals surface area contributed by atoms with Crippen molar-refractivity contribution in [2.75, 3.05) is 18.6 Å². The Bertz CT molecular complexity index is 1400. The summed E-state index contributed by atoms with van der Waals surface area (Å²) in [6, 6.07) is 25.3. The number of carbonyl (C=O) groups excluding carboxylic acids is 1. The van der Waals surface area contributed by atoms with E-state index in [1.165, 1.54) is 4.90 Å². The summed E-state index contributed by atoms with van der Waals surface area (Å²) >= 11 is 0. The van der Waals surface area contributed by atoms with Crippen molar-refractivity contribution in [1.29, 1.82) is 0 Å². The van der Waals surface area contributed by atoms with Gasteiger partial charge < -0.3 is 14.4 Å². The zero-order valence-electron chi connectivity index (χ0n) is 20.8. The maximum atomic E-state index is 12.7. The number of aliphatic carboxylic acids is 1. The van der Waals surface area contributed by atoms with Gasteiger partial charge in [-0.3, -0.25) is 9.69 Å². The van der Waals surface area contributed by atoms with Gasteiger partial charge >= 0.3 is 12.1 Å². The number of nitrogens with zero attached hydrogens (tertiary/aromatic N) is 2. The van der Waals surface area contributed by atoms with Gasteiger partial charge in [0.1, 0.15) is 11.4 Å². The fraction of sp³-hybridized carbons (Fsp3) is 0.233. The highest BCUT2D eigenvalue weighted by Gasteiger charge is 2.51. The zero-order valence-corrected chi connectivity index (χ0v) is 20.8. The molecule has 0 bridgehead atoms. The maximum Gasteiger partial charge on any atom is 0.414 e. The van der Waals surface area contributed by atoms with Crippen molar-refractivity contribution >= 4 is 17.7 Å². The summed E-state index contributed by atoms with van der Waals surface area (Å²) in [7, 11) is 1.65. The molecule has 37 heavy (non-hydrogen) atoms. The summed E-state index contributed by atoms with van der Waals surface area (Å²) in [5.74, 6) is -0.271. The van der Waals surface area contributed by atoms with Gasteiger partial charge in [-0.2, -0.15) is 0 Å². The van der Waals surface area contributed by atoms with Crippen LogP contribution in [0.2, 0.25) is 0 Å². The van der Waals surface area contributed by atoms with E-state index in [0.717, 1.165) is 27.8 Å². The van der Waals surface area contributed by atoms with Crippen molar-refractivity contribution in [2.24, 2.45) is 0 Å². The van der Waals surface area contributed by atoms with Crippen LogP contribution in [0.5, 0.6) is 0 Å². The van der Waals surface area contributed by atoms with Gasteiger partial charge in [0, 0.05) is 19.0 Å². The summed E-state index contributed by atoms with van der Waals surface area (Å²) in [6.45, 7) is 2.06. The Hall–Kier alpha value is -4.39. The number of hydrogen-bond donors (Lipinski definition) is 1. The van der Waals surface area contributed by atoms with E-state index in [4.69, 9.17) is 9.26 Å². The molecule has 7 heteroatoms. The van der Waals surface area contributed by atoms with Crippen LogP contribution in [-0.2, 0) is 21.4 Å². The molecule has 1 aromatic heterocycles. The van der Waals surface area contributed by atoms with Gasteiger partial charge in [0.15, 0.2) is 5.76 Å². The van der Waals surface area contributed by atoms with Gasteiger partial charge in [0.2, 0.25) is 0 Å². The fourth-order valence-electron chi connectivity index (χ4n) is 4.59. The molecule has 1 saturated carbocycles. The SMILES string of the molecule is Cc1noc(-c2ccc(-c3ccc(C4(C(=O)O)CC4)cc3)cc2)c1N(C)C(=O)OCCc1ccccc1. The van der Waals surface area contributed by atoms with Crippen LogP contribution in [-0.4, -0.2) is 36.0 Å². The van der Waals surface area contributed by atoms with E-state index < -0.39 is 17.5 Å². The lowest BCUT2D eigenvalue weighted by Gasteiger charge is -2.17. The molecule has 5 rings (SSSR count). The van der Waals surface area contributed by atoms with E-state index in [1.54, 1.807) is 14.0 Å². The monoisotopic (exact) mass is 496 g/mol. The first-order chi connectivity index (χ1) is 17.9. The second-order valence-electron chi connectivity index (χ2n) is 9.40. The first-order valence-electron chi connectivity index (χ1n) is 12.2. The summed E-state index contributed by atoms with van der Waals surface area (Å²) in [5, 5.41) is 13.6. The van der Waals surface area contributed by atoms with Crippen LogP contribution in [0.1, 0.15) is 29.7 Å². The standard InChI is InChI=1S/C30H28N2O5/c1-20-26(32(2)29(35)36-19-16-21-6-4-3-5-7-21)27(37-31-20)24-10-8-22(9-11-24)23-12-14-25(15-13-23)30(17-18-30)28(33)34/h3-15H,16-19H2,1-2H3,(H,33,34). The van der Waals surface area contributed by atoms with Crippen LogP contribution in [0, 0.1) is 6.92 Å². The number of carbonyl (C=O) groups is 2. The summed E-state index contributed by atoms with van der Waals surface area (Å²) in [6.07, 6.45) is 1.53. The van der Waals surface area contributed by atoms with Crippen LogP contribution in [0.15, 0.2) is 83.4 Å². The average molecular weight is 497 g/mol. The number of carboxylic acids is 1. The highest BCUT2D eigenvalue weighted by atomic mass is 16.6. The third kappa shape index (κ3) is 4.85. The number of carboxylic acid groups (broad SMARTS) is 1. The molecule has 0 spiro atoms. The number of aromatic nitrogens is 1. The number of rotatable bonds is 8. The van der Waals surface area contributed by atoms with E-state index in [-0.39, 0.29) is 6.61 Å². The van der Waals surface area contributed by atoms with Gasteiger partial charge in [0.05, 0.1) is 12.0 Å². The Morgan fingerprint density at radius 3 is 2.14 bits per heavy atom. The molecule has 7 nitrogen and oxygen atoms in total. The molecule has 1 amide bonds. The van der Waals surface area contributed by atoms with E-state index in [2.05, 4.69) is 5.16 Å². The van der Waals surface area contributed by atoms with Crippen molar-refractivity contribution < 1.29 is 24.0 Å². The van der Waals surface area contributed by atoms with Crippen molar-refractivity contribution in [3.05, 3.63) is 95.7 Å². The largest absolute Gasteiger partial charge is 0.481 e. The quantitative estimate of drug-likeness (QED) is 0.310. The number of hydrogen-bond acceptors (Lipinski definition) is 5. The number of ether oxygens (including phenoxy) is 1. The van der Waals surface area contributed by atoms with Crippen molar-refractivity contribution in [3.63, 3.8) is 0 Å². The van der Waals surface area contributed by atoms with Crippen LogP contribution in [0.3, 0.4) is 0 Å². The molecule has 1 aliphatic rings. The van der Waals surface area contributed by atoms with E-state index >= 15 is 0 Å². The van der Waals surface area contributed by atoms with Crippen molar-refractivity contribution in [1.82, 2.24) is 5.16 Å². The number of aryl methyl sites for hydroxylation is 1. The van der Waals surface area contributed by atoms with Gasteiger partial charge in [0.25, 0.3) is 0 Å². The molecule has 188 valence electrons. The highest BCUT2D eigenvalue weighted by Crippen LogP contribution is 2.48. The minimum absolute atomic E-state index is 0.272. The zero-order chi connectivity index (χ0) is 26.0. The molecule has 0 aliphatic heterocycles. The predicted octanol–water partition coefficient (Wildman–Crippen LogP) is 6.25. The summed E-state index contributed by atoms with van der Waals surface area (Å²) in [5.41, 5.74) is 5.14. The molecule has 1 N–H and O–H groups in total. The van der Waals surface area contributed by atoms with Crippen LogP contribution >= 0.6 is 0 Å². The minimum atomic E-state index is -0.757. The molecule has 4 aromatic rings. The Labute approximate surface area is 215 Å². The third-order valence-corrected chi connectivity index (χ3v) is 6.98. The summed E-state index contributed by atoms with van der Waals surface area (Å²) < 4.78 is 11.1. The molecule has 1 fully saturated rings. The molecular weight excluding hydrogens is 468 g/mol.